The van der Waals surface area contributed by atoms with E-state index in [1.54, 1.807) is 0 Å². The highest BCUT2D eigenvalue weighted by Gasteiger charge is 2.23. The number of hydrogen-bond donors (Lipinski definition) is 0. The Hall–Kier alpha value is -1.65. The molecule has 0 spiro atoms. The third-order valence-electron chi connectivity index (χ3n) is 5.78. The van der Waals surface area contributed by atoms with Gasteiger partial charge in [0.25, 0.3) is 0 Å². The monoisotopic (exact) mass is 418 g/mol. The zero-order valence-corrected chi connectivity index (χ0v) is 18.3. The largest absolute Gasteiger partial charge is 0.423 e. The lowest BCUT2D eigenvalue weighted by atomic mass is 9.93. The normalized spacial score (nSPS) is 19.4. The highest BCUT2D eigenvalue weighted by Crippen LogP contribution is 2.35. The second-order valence-electron chi connectivity index (χ2n) is 7.80. The first kappa shape index (κ1) is 21.1. The summed E-state index contributed by atoms with van der Waals surface area (Å²) in [6.45, 7) is 2.27. The molecule has 2 nitrogen and oxygen atoms in total. The van der Waals surface area contributed by atoms with Crippen molar-refractivity contribution in [2.24, 2.45) is 0 Å². The molecule has 0 aliphatic carbocycles. The molecule has 0 amide bonds. The maximum atomic E-state index is 13.5. The van der Waals surface area contributed by atoms with E-state index in [0.717, 1.165) is 6.07 Å². The summed E-state index contributed by atoms with van der Waals surface area (Å²) in [6.07, 6.45) is 6.69. The minimum Gasteiger partial charge on any atom is -0.423 e. The van der Waals surface area contributed by atoms with Crippen LogP contribution in [0.25, 0.3) is 0 Å². The molecule has 28 heavy (non-hydrogen) atoms. The van der Waals surface area contributed by atoms with Crippen molar-refractivity contribution < 1.29 is 13.9 Å². The van der Waals surface area contributed by atoms with Crippen molar-refractivity contribution in [1.29, 1.82) is 0 Å². The average Bonchev–Trinajstić information content (AvgIpc) is 2.72. The van der Waals surface area contributed by atoms with Gasteiger partial charge < -0.3 is 4.74 Å². The number of carbonyl (C=O) groups is 1. The lowest BCUT2D eigenvalue weighted by Gasteiger charge is -2.28. The summed E-state index contributed by atoms with van der Waals surface area (Å²) in [5.74, 6) is -0.316. The van der Waals surface area contributed by atoms with Gasteiger partial charge in [-0.25, -0.2) is 9.18 Å². The van der Waals surface area contributed by atoms with Crippen molar-refractivity contribution in [3.63, 3.8) is 0 Å². The van der Waals surface area contributed by atoms with E-state index in [9.17, 15) is 9.18 Å². The number of halogens is 2. The van der Waals surface area contributed by atoms with Gasteiger partial charge in [0.05, 0.1) is 10.6 Å². The van der Waals surface area contributed by atoms with E-state index < -0.39 is 20.6 Å². The van der Waals surface area contributed by atoms with Crippen LogP contribution in [0.1, 0.15) is 60.9 Å². The van der Waals surface area contributed by atoms with Crippen LogP contribution in [0, 0.1) is 5.82 Å². The molecule has 1 saturated heterocycles. The molecule has 0 saturated carbocycles. The van der Waals surface area contributed by atoms with Gasteiger partial charge in [0, 0.05) is 14.9 Å². The summed E-state index contributed by atoms with van der Waals surface area (Å²) < 4.78 is 18.7. The van der Waals surface area contributed by atoms with Crippen LogP contribution in [0.2, 0.25) is 23.2 Å². The molecule has 150 valence electrons. The lowest BCUT2D eigenvalue weighted by Crippen LogP contribution is -2.20. The van der Waals surface area contributed by atoms with Gasteiger partial charge in [-0.1, -0.05) is 68.1 Å². The molecule has 1 aliphatic rings. The molecule has 1 fully saturated rings. The lowest BCUT2D eigenvalue weighted by molar-refractivity contribution is 0.0734. The summed E-state index contributed by atoms with van der Waals surface area (Å²) in [4.78, 5) is 12.3. The van der Waals surface area contributed by atoms with E-state index in [1.165, 1.54) is 67.9 Å². The number of esters is 1. The standard InChI is InChI=1S/C23H28ClFO2Si/c1-2-3-4-13-28-14-11-18(12-15-28)17-5-7-19(8-6-17)23(26)27-20-9-10-21(24)22(25)16-20/h5-10,16,18,28H,2-4,11-15H2,1H3/t18-,28-. The van der Waals surface area contributed by atoms with E-state index in [1.807, 2.05) is 24.3 Å². The van der Waals surface area contributed by atoms with E-state index in [0.29, 0.717) is 11.5 Å². The molecule has 0 bridgehead atoms. The molecule has 0 radical (unpaired) electrons. The number of ether oxygens (including phenoxy) is 1. The highest BCUT2D eigenvalue weighted by molar-refractivity contribution is 6.59. The van der Waals surface area contributed by atoms with Crippen LogP contribution in [0.5, 0.6) is 5.75 Å². The summed E-state index contributed by atoms with van der Waals surface area (Å²) >= 11 is 5.65. The minimum absolute atomic E-state index is 0.00676. The van der Waals surface area contributed by atoms with Gasteiger partial charge in [0.15, 0.2) is 0 Å². The van der Waals surface area contributed by atoms with Crippen LogP contribution in [-0.4, -0.2) is 14.8 Å². The average molecular weight is 419 g/mol. The highest BCUT2D eigenvalue weighted by atomic mass is 35.5. The zero-order valence-electron chi connectivity index (χ0n) is 16.4. The Bertz CT molecular complexity index is 786. The first-order chi connectivity index (χ1) is 13.6. The fourth-order valence-electron chi connectivity index (χ4n) is 4.07. The third-order valence-corrected chi connectivity index (χ3v) is 9.61. The van der Waals surface area contributed by atoms with Crippen molar-refractivity contribution in [1.82, 2.24) is 0 Å². The van der Waals surface area contributed by atoms with Crippen LogP contribution < -0.4 is 4.74 Å². The predicted octanol–water partition coefficient (Wildman–Crippen LogP) is 6.99. The Morgan fingerprint density at radius 1 is 1.14 bits per heavy atom. The molecule has 1 heterocycles. The van der Waals surface area contributed by atoms with Gasteiger partial charge in [-0.05, 0) is 48.6 Å². The molecule has 2 aromatic carbocycles. The molecule has 3 rings (SSSR count). The van der Waals surface area contributed by atoms with Crippen molar-refractivity contribution in [3.8, 4) is 5.75 Å². The molecule has 2 aromatic rings. The summed E-state index contributed by atoms with van der Waals surface area (Å²) in [5.41, 5.74) is 1.79. The number of rotatable bonds is 7. The Balaban J connectivity index is 1.53. The fourth-order valence-corrected chi connectivity index (χ4v) is 7.66. The first-order valence-electron chi connectivity index (χ1n) is 10.3. The molecular weight excluding hydrogens is 391 g/mol. The van der Waals surface area contributed by atoms with Crippen molar-refractivity contribution in [2.45, 2.75) is 63.1 Å². The van der Waals surface area contributed by atoms with Gasteiger partial charge in [-0.15, -0.1) is 0 Å². The van der Waals surface area contributed by atoms with Crippen LogP contribution in [0.15, 0.2) is 42.5 Å². The number of unbranched alkanes of at least 4 members (excludes halogenated alkanes) is 2. The van der Waals surface area contributed by atoms with E-state index in [2.05, 4.69) is 6.92 Å². The maximum Gasteiger partial charge on any atom is 0.343 e. The first-order valence-corrected chi connectivity index (χ1v) is 13.2. The second kappa shape index (κ2) is 10.2. The summed E-state index contributed by atoms with van der Waals surface area (Å²) in [5, 5.41) is 0.00676. The van der Waals surface area contributed by atoms with Crippen LogP contribution >= 0.6 is 11.6 Å². The quantitative estimate of drug-likeness (QED) is 0.209. The minimum atomic E-state index is -0.601. The van der Waals surface area contributed by atoms with Crippen molar-refractivity contribution in [3.05, 3.63) is 64.4 Å². The van der Waals surface area contributed by atoms with Crippen molar-refractivity contribution >= 4 is 26.4 Å². The van der Waals surface area contributed by atoms with Crippen LogP contribution in [0.4, 0.5) is 4.39 Å². The Morgan fingerprint density at radius 2 is 1.86 bits per heavy atom. The maximum absolute atomic E-state index is 13.5. The van der Waals surface area contributed by atoms with E-state index >= 15 is 0 Å². The molecule has 0 unspecified atom stereocenters. The summed E-state index contributed by atoms with van der Waals surface area (Å²) in [6, 6.07) is 16.1. The van der Waals surface area contributed by atoms with Gasteiger partial charge >= 0.3 is 5.97 Å². The van der Waals surface area contributed by atoms with Gasteiger partial charge in [-0.2, -0.15) is 0 Å². The molecular formula is C23H28ClFO2Si. The van der Waals surface area contributed by atoms with Gasteiger partial charge in [0.2, 0.25) is 0 Å². The Morgan fingerprint density at radius 3 is 2.50 bits per heavy atom. The SMILES string of the molecule is CCCCC[Si@H]1CC[C@H](c2ccc(C(=O)Oc3ccc(Cl)c(F)c3)cc2)CC1. The molecule has 0 atom stereocenters. The van der Waals surface area contributed by atoms with Gasteiger partial charge in [0.1, 0.15) is 11.6 Å². The summed E-state index contributed by atoms with van der Waals surface area (Å²) in [7, 11) is -0.508. The zero-order chi connectivity index (χ0) is 19.9. The third kappa shape index (κ3) is 5.68. The molecule has 1 aliphatic heterocycles. The van der Waals surface area contributed by atoms with Crippen LogP contribution in [-0.2, 0) is 0 Å². The smallest absolute Gasteiger partial charge is 0.343 e. The number of hydrogen-bond acceptors (Lipinski definition) is 2. The Kier molecular flexibility index (Phi) is 7.69. The fraction of sp³-hybridized carbons (Fsp3) is 0.435. The van der Waals surface area contributed by atoms with Gasteiger partial charge in [-0.3, -0.25) is 0 Å². The van der Waals surface area contributed by atoms with E-state index in [-0.39, 0.29) is 10.8 Å². The molecule has 0 N–H and O–H groups in total. The molecule has 0 aromatic heterocycles. The second-order valence-corrected chi connectivity index (χ2v) is 11.7. The van der Waals surface area contributed by atoms with Crippen LogP contribution in [0.3, 0.4) is 0 Å². The molecule has 5 heteroatoms. The van der Waals surface area contributed by atoms with Crippen molar-refractivity contribution in [2.75, 3.05) is 0 Å². The van der Waals surface area contributed by atoms with E-state index in [4.69, 9.17) is 16.3 Å². The number of carbonyl (C=O) groups excluding carboxylic acids is 1. The number of benzene rings is 2. The topological polar surface area (TPSA) is 26.3 Å². The Labute approximate surface area is 173 Å². The predicted molar refractivity (Wildman–Crippen MR) is 116 cm³/mol.